The standard InChI is InChI=1S/C19H18Cl2N4O2/c20-13-1-2-16(15(21)10-13)24-19(26)23-14-9-12-3-8-27-18(12)17(11-14)25-6-4-22-5-7-25/h1-3,8-11,22H,4-7H2,(H2,23,24,26). The van der Waals surface area contributed by atoms with E-state index in [1.165, 1.54) is 0 Å². The van der Waals surface area contributed by atoms with Crippen molar-refractivity contribution in [2.75, 3.05) is 41.7 Å². The highest BCUT2D eigenvalue weighted by molar-refractivity contribution is 6.36. The molecule has 3 N–H and O–H groups in total. The lowest BCUT2D eigenvalue weighted by Crippen LogP contribution is -2.43. The van der Waals surface area contributed by atoms with E-state index in [2.05, 4.69) is 20.9 Å². The maximum Gasteiger partial charge on any atom is 0.323 e. The number of amides is 2. The van der Waals surface area contributed by atoms with Crippen LogP contribution in [0.25, 0.3) is 11.0 Å². The largest absolute Gasteiger partial charge is 0.462 e. The highest BCUT2D eigenvalue weighted by atomic mass is 35.5. The Morgan fingerprint density at radius 1 is 1.07 bits per heavy atom. The summed E-state index contributed by atoms with van der Waals surface area (Å²) in [5.74, 6) is 0. The van der Waals surface area contributed by atoms with Gasteiger partial charge < -0.3 is 25.3 Å². The molecule has 3 aromatic rings. The van der Waals surface area contributed by atoms with Gasteiger partial charge in [0, 0.05) is 42.3 Å². The van der Waals surface area contributed by atoms with E-state index in [4.69, 9.17) is 27.6 Å². The summed E-state index contributed by atoms with van der Waals surface area (Å²) >= 11 is 12.0. The van der Waals surface area contributed by atoms with Crippen LogP contribution in [0.15, 0.2) is 47.1 Å². The van der Waals surface area contributed by atoms with Crippen molar-refractivity contribution in [1.29, 1.82) is 0 Å². The third kappa shape index (κ3) is 3.98. The van der Waals surface area contributed by atoms with Gasteiger partial charge in [0.05, 0.1) is 22.7 Å². The average molecular weight is 405 g/mol. The van der Waals surface area contributed by atoms with Gasteiger partial charge in [0.25, 0.3) is 0 Å². The minimum Gasteiger partial charge on any atom is -0.462 e. The van der Waals surface area contributed by atoms with E-state index in [-0.39, 0.29) is 6.03 Å². The molecule has 4 rings (SSSR count). The van der Waals surface area contributed by atoms with E-state index in [9.17, 15) is 4.79 Å². The maximum absolute atomic E-state index is 12.4. The Labute approximate surface area is 166 Å². The van der Waals surface area contributed by atoms with E-state index in [0.29, 0.717) is 21.4 Å². The van der Waals surface area contributed by atoms with Crippen molar-refractivity contribution in [1.82, 2.24) is 5.32 Å². The molecule has 27 heavy (non-hydrogen) atoms. The van der Waals surface area contributed by atoms with Crippen molar-refractivity contribution >= 4 is 57.3 Å². The van der Waals surface area contributed by atoms with Crippen LogP contribution in [-0.2, 0) is 0 Å². The quantitative estimate of drug-likeness (QED) is 0.586. The SMILES string of the molecule is O=C(Nc1cc(N2CCNCC2)c2occc2c1)Nc1ccc(Cl)cc1Cl. The van der Waals surface area contributed by atoms with Gasteiger partial charge in [0.15, 0.2) is 5.58 Å². The molecular formula is C19H18Cl2N4O2. The Hall–Kier alpha value is -2.41. The van der Waals surface area contributed by atoms with Crippen molar-refractivity contribution < 1.29 is 9.21 Å². The Morgan fingerprint density at radius 2 is 1.89 bits per heavy atom. The first-order valence-electron chi connectivity index (χ1n) is 8.60. The van der Waals surface area contributed by atoms with Crippen molar-refractivity contribution in [3.05, 3.63) is 52.7 Å². The second kappa shape index (κ2) is 7.68. The third-order valence-electron chi connectivity index (χ3n) is 4.43. The molecule has 1 aromatic heterocycles. The molecule has 140 valence electrons. The Morgan fingerprint density at radius 3 is 2.67 bits per heavy atom. The monoisotopic (exact) mass is 404 g/mol. The summed E-state index contributed by atoms with van der Waals surface area (Å²) in [5.41, 5.74) is 2.97. The number of carbonyl (C=O) groups is 1. The first kappa shape index (κ1) is 18.0. The van der Waals surface area contributed by atoms with Crippen LogP contribution in [0, 0.1) is 0 Å². The van der Waals surface area contributed by atoms with Crippen molar-refractivity contribution in [3.8, 4) is 0 Å². The normalized spacial score (nSPS) is 14.4. The van der Waals surface area contributed by atoms with E-state index >= 15 is 0 Å². The zero-order chi connectivity index (χ0) is 18.8. The Kier molecular flexibility index (Phi) is 5.11. The third-order valence-corrected chi connectivity index (χ3v) is 4.97. The summed E-state index contributed by atoms with van der Waals surface area (Å²) in [4.78, 5) is 14.7. The molecule has 0 aliphatic carbocycles. The molecule has 6 nitrogen and oxygen atoms in total. The molecule has 1 aliphatic rings. The number of nitrogens with zero attached hydrogens (tertiary/aromatic N) is 1. The zero-order valence-corrected chi connectivity index (χ0v) is 15.9. The van der Waals surface area contributed by atoms with Crippen LogP contribution in [0.5, 0.6) is 0 Å². The van der Waals surface area contributed by atoms with Crippen LogP contribution in [0.3, 0.4) is 0 Å². The van der Waals surface area contributed by atoms with Gasteiger partial charge in [-0.05, 0) is 36.4 Å². The number of carbonyl (C=O) groups excluding carboxylic acids is 1. The number of nitrogens with one attached hydrogen (secondary N) is 3. The number of urea groups is 1. The fraction of sp³-hybridized carbons (Fsp3) is 0.211. The lowest BCUT2D eigenvalue weighted by molar-refractivity contribution is 0.262. The predicted octanol–water partition coefficient (Wildman–Crippen LogP) is 4.79. The first-order valence-corrected chi connectivity index (χ1v) is 9.36. The molecule has 0 atom stereocenters. The maximum atomic E-state index is 12.4. The summed E-state index contributed by atoms with van der Waals surface area (Å²) in [6, 6.07) is 10.2. The topological polar surface area (TPSA) is 69.5 Å². The Balaban J connectivity index is 1.57. The highest BCUT2D eigenvalue weighted by Crippen LogP contribution is 2.32. The van der Waals surface area contributed by atoms with E-state index in [1.807, 2.05) is 18.2 Å². The number of halogens is 2. The number of benzene rings is 2. The van der Waals surface area contributed by atoms with Crippen molar-refractivity contribution in [2.45, 2.75) is 0 Å². The van der Waals surface area contributed by atoms with Crippen LogP contribution in [0.2, 0.25) is 10.0 Å². The second-order valence-corrected chi connectivity index (χ2v) is 7.12. The summed E-state index contributed by atoms with van der Waals surface area (Å²) in [6.07, 6.45) is 1.66. The number of hydrogen-bond acceptors (Lipinski definition) is 4. The van der Waals surface area contributed by atoms with Crippen LogP contribution < -0.4 is 20.9 Å². The molecule has 2 amide bonds. The number of hydrogen-bond donors (Lipinski definition) is 3. The van der Waals surface area contributed by atoms with E-state index in [0.717, 1.165) is 42.8 Å². The van der Waals surface area contributed by atoms with Gasteiger partial charge in [-0.25, -0.2) is 4.79 Å². The highest BCUT2D eigenvalue weighted by Gasteiger charge is 2.17. The summed E-state index contributed by atoms with van der Waals surface area (Å²) in [6.45, 7) is 3.59. The molecule has 2 aromatic carbocycles. The van der Waals surface area contributed by atoms with Gasteiger partial charge in [-0.3, -0.25) is 0 Å². The van der Waals surface area contributed by atoms with Crippen LogP contribution in [0.1, 0.15) is 0 Å². The molecule has 1 fully saturated rings. The van der Waals surface area contributed by atoms with Crippen molar-refractivity contribution in [2.24, 2.45) is 0 Å². The van der Waals surface area contributed by atoms with Crippen molar-refractivity contribution in [3.63, 3.8) is 0 Å². The number of furan rings is 1. The fourth-order valence-corrected chi connectivity index (χ4v) is 3.61. The molecule has 0 saturated carbocycles. The van der Waals surface area contributed by atoms with Crippen LogP contribution in [0.4, 0.5) is 21.9 Å². The summed E-state index contributed by atoms with van der Waals surface area (Å²) in [7, 11) is 0. The van der Waals surface area contributed by atoms with Gasteiger partial charge >= 0.3 is 6.03 Å². The van der Waals surface area contributed by atoms with Crippen LogP contribution in [-0.4, -0.2) is 32.2 Å². The summed E-state index contributed by atoms with van der Waals surface area (Å²) in [5, 5.41) is 10.8. The minimum atomic E-state index is -0.381. The minimum absolute atomic E-state index is 0.379. The molecule has 1 aliphatic heterocycles. The number of piperazine rings is 1. The molecule has 1 saturated heterocycles. The van der Waals surface area contributed by atoms with Gasteiger partial charge in [-0.2, -0.15) is 0 Å². The molecule has 0 spiro atoms. The number of fused-ring (bicyclic) bond motifs is 1. The molecule has 2 heterocycles. The van der Waals surface area contributed by atoms with Gasteiger partial charge in [0.2, 0.25) is 0 Å². The second-order valence-electron chi connectivity index (χ2n) is 6.27. The Bertz CT molecular complexity index is 983. The predicted molar refractivity (Wildman–Crippen MR) is 110 cm³/mol. The van der Waals surface area contributed by atoms with Gasteiger partial charge in [-0.15, -0.1) is 0 Å². The lowest BCUT2D eigenvalue weighted by Gasteiger charge is -2.29. The summed E-state index contributed by atoms with van der Waals surface area (Å²) < 4.78 is 5.66. The van der Waals surface area contributed by atoms with E-state index in [1.54, 1.807) is 24.5 Å². The van der Waals surface area contributed by atoms with Gasteiger partial charge in [0.1, 0.15) is 0 Å². The molecule has 0 bridgehead atoms. The number of anilines is 3. The van der Waals surface area contributed by atoms with Gasteiger partial charge in [-0.1, -0.05) is 23.2 Å². The first-order chi connectivity index (χ1) is 13.1. The average Bonchev–Trinajstić information content (AvgIpc) is 3.12. The van der Waals surface area contributed by atoms with Crippen LogP contribution >= 0.6 is 23.2 Å². The molecule has 8 heteroatoms. The van der Waals surface area contributed by atoms with E-state index < -0.39 is 0 Å². The smallest absolute Gasteiger partial charge is 0.323 e. The fourth-order valence-electron chi connectivity index (χ4n) is 3.15. The molecule has 0 radical (unpaired) electrons. The molecule has 0 unspecified atom stereocenters. The lowest BCUT2D eigenvalue weighted by atomic mass is 10.1. The number of rotatable bonds is 3. The zero-order valence-electron chi connectivity index (χ0n) is 14.4. The molecular weight excluding hydrogens is 387 g/mol.